The van der Waals surface area contributed by atoms with Crippen LogP contribution in [0, 0.1) is 0 Å². The highest BCUT2D eigenvalue weighted by Crippen LogP contribution is 2.40. The summed E-state index contributed by atoms with van der Waals surface area (Å²) in [6.07, 6.45) is 3.34. The molecule has 0 saturated carbocycles. The summed E-state index contributed by atoms with van der Waals surface area (Å²) >= 11 is 5.93. The lowest BCUT2D eigenvalue weighted by atomic mass is 9.96. The van der Waals surface area contributed by atoms with E-state index in [1.807, 2.05) is 0 Å². The Morgan fingerprint density at radius 2 is 2.25 bits per heavy atom. The number of benzene rings is 1. The molecular weight excluding hydrogens is 226 g/mol. The van der Waals surface area contributed by atoms with E-state index >= 15 is 0 Å². The van der Waals surface area contributed by atoms with Crippen molar-refractivity contribution >= 4 is 11.6 Å². The second-order valence-electron chi connectivity index (χ2n) is 4.01. The van der Waals surface area contributed by atoms with Crippen molar-refractivity contribution in [1.82, 2.24) is 5.32 Å². The van der Waals surface area contributed by atoms with Gasteiger partial charge in [0.15, 0.2) is 0 Å². The van der Waals surface area contributed by atoms with Crippen molar-refractivity contribution in [1.29, 1.82) is 0 Å². The summed E-state index contributed by atoms with van der Waals surface area (Å²) in [4.78, 5) is 0. The van der Waals surface area contributed by atoms with Crippen LogP contribution in [-0.4, -0.2) is 18.8 Å². The van der Waals surface area contributed by atoms with Gasteiger partial charge in [0, 0.05) is 6.04 Å². The Morgan fingerprint density at radius 3 is 2.88 bits per heavy atom. The van der Waals surface area contributed by atoms with E-state index in [0.29, 0.717) is 10.8 Å². The zero-order chi connectivity index (χ0) is 11.5. The van der Waals surface area contributed by atoms with E-state index in [1.165, 1.54) is 6.42 Å². The van der Waals surface area contributed by atoms with Crippen LogP contribution in [0.5, 0.6) is 11.5 Å². The minimum absolute atomic E-state index is 0.139. The molecule has 0 aromatic heterocycles. The van der Waals surface area contributed by atoms with E-state index in [-0.39, 0.29) is 11.8 Å². The van der Waals surface area contributed by atoms with Crippen LogP contribution in [0.15, 0.2) is 12.1 Å². The van der Waals surface area contributed by atoms with Crippen molar-refractivity contribution in [3.8, 4) is 11.5 Å². The molecule has 4 heteroatoms. The molecule has 3 nitrogen and oxygen atoms in total. The number of halogens is 1. The predicted octanol–water partition coefficient (Wildman–Crippen LogP) is 2.87. The highest BCUT2D eigenvalue weighted by Gasteiger charge is 2.23. The van der Waals surface area contributed by atoms with Crippen molar-refractivity contribution in [2.75, 3.05) is 13.7 Å². The molecule has 0 spiro atoms. The van der Waals surface area contributed by atoms with E-state index in [2.05, 4.69) is 5.32 Å². The summed E-state index contributed by atoms with van der Waals surface area (Å²) in [6.45, 7) is 0.972. The number of hydrogen-bond donors (Lipinski definition) is 2. The molecule has 1 saturated heterocycles. The molecule has 16 heavy (non-hydrogen) atoms. The predicted molar refractivity (Wildman–Crippen MR) is 64.3 cm³/mol. The Kier molecular flexibility index (Phi) is 3.56. The fraction of sp³-hybridized carbons (Fsp3) is 0.500. The number of rotatable bonds is 2. The van der Waals surface area contributed by atoms with E-state index in [0.717, 1.165) is 24.9 Å². The number of nitrogens with one attached hydrogen (secondary N) is 1. The number of aromatic hydroxyl groups is 1. The van der Waals surface area contributed by atoms with Gasteiger partial charge in [-0.3, -0.25) is 0 Å². The molecule has 0 amide bonds. The zero-order valence-corrected chi connectivity index (χ0v) is 10.0. The van der Waals surface area contributed by atoms with Crippen molar-refractivity contribution in [3.63, 3.8) is 0 Å². The first-order valence-electron chi connectivity index (χ1n) is 5.52. The minimum Gasteiger partial charge on any atom is -0.506 e. The molecular formula is C12H16ClNO2. The smallest absolute Gasteiger partial charge is 0.142 e. The van der Waals surface area contributed by atoms with Crippen LogP contribution in [0.3, 0.4) is 0 Å². The standard InChI is InChI=1S/C12H16ClNO2/c1-16-10-6-5-8(13)12(15)11(10)9-4-2-3-7-14-9/h5-6,9,14-15H,2-4,7H2,1H3/t9-/m0/s1. The third-order valence-electron chi connectivity index (χ3n) is 3.01. The number of hydrogen-bond acceptors (Lipinski definition) is 3. The fourth-order valence-electron chi connectivity index (χ4n) is 2.18. The van der Waals surface area contributed by atoms with Gasteiger partial charge in [-0.1, -0.05) is 18.0 Å². The number of phenolic OH excluding ortho intramolecular Hbond substituents is 1. The first kappa shape index (κ1) is 11.6. The van der Waals surface area contributed by atoms with Gasteiger partial charge in [0.25, 0.3) is 0 Å². The summed E-state index contributed by atoms with van der Waals surface area (Å²) in [5, 5.41) is 13.8. The third-order valence-corrected chi connectivity index (χ3v) is 3.31. The molecule has 2 rings (SSSR count). The SMILES string of the molecule is COc1ccc(Cl)c(O)c1[C@@H]1CCCCN1. The van der Waals surface area contributed by atoms with E-state index in [4.69, 9.17) is 16.3 Å². The Morgan fingerprint density at radius 1 is 1.44 bits per heavy atom. The average Bonchev–Trinajstić information content (AvgIpc) is 2.33. The van der Waals surface area contributed by atoms with Crippen LogP contribution in [0.4, 0.5) is 0 Å². The van der Waals surface area contributed by atoms with Crippen LogP contribution in [0.2, 0.25) is 5.02 Å². The van der Waals surface area contributed by atoms with Crippen LogP contribution in [0.1, 0.15) is 30.9 Å². The van der Waals surface area contributed by atoms with Gasteiger partial charge < -0.3 is 15.2 Å². The van der Waals surface area contributed by atoms with Gasteiger partial charge in [-0.25, -0.2) is 0 Å². The number of methoxy groups -OCH3 is 1. The van der Waals surface area contributed by atoms with Crippen LogP contribution in [-0.2, 0) is 0 Å². The van der Waals surface area contributed by atoms with Gasteiger partial charge >= 0.3 is 0 Å². The van der Waals surface area contributed by atoms with Gasteiger partial charge in [0.2, 0.25) is 0 Å². The van der Waals surface area contributed by atoms with Gasteiger partial charge in [-0.15, -0.1) is 0 Å². The number of phenols is 1. The second-order valence-corrected chi connectivity index (χ2v) is 4.42. The molecule has 0 bridgehead atoms. The zero-order valence-electron chi connectivity index (χ0n) is 9.29. The quantitative estimate of drug-likeness (QED) is 0.837. The van der Waals surface area contributed by atoms with E-state index in [1.54, 1.807) is 19.2 Å². The Balaban J connectivity index is 2.39. The van der Waals surface area contributed by atoms with Gasteiger partial charge in [-0.2, -0.15) is 0 Å². The van der Waals surface area contributed by atoms with Gasteiger partial charge in [0.05, 0.1) is 17.7 Å². The number of piperidine rings is 1. The third kappa shape index (κ3) is 2.11. The van der Waals surface area contributed by atoms with Crippen molar-refractivity contribution in [2.45, 2.75) is 25.3 Å². The highest BCUT2D eigenvalue weighted by molar-refractivity contribution is 6.32. The molecule has 0 radical (unpaired) electrons. The molecule has 1 aromatic rings. The van der Waals surface area contributed by atoms with Crippen LogP contribution >= 0.6 is 11.6 Å². The molecule has 2 N–H and O–H groups in total. The topological polar surface area (TPSA) is 41.5 Å². The Labute approximate surface area is 100 Å². The largest absolute Gasteiger partial charge is 0.506 e. The average molecular weight is 242 g/mol. The molecule has 1 heterocycles. The second kappa shape index (κ2) is 4.93. The van der Waals surface area contributed by atoms with E-state index < -0.39 is 0 Å². The summed E-state index contributed by atoms with van der Waals surface area (Å²) in [5.41, 5.74) is 0.787. The molecule has 1 atom stereocenters. The molecule has 1 fully saturated rings. The first-order valence-corrected chi connectivity index (χ1v) is 5.90. The van der Waals surface area contributed by atoms with Crippen molar-refractivity contribution < 1.29 is 9.84 Å². The van der Waals surface area contributed by atoms with Crippen LogP contribution in [0.25, 0.3) is 0 Å². The van der Waals surface area contributed by atoms with E-state index in [9.17, 15) is 5.11 Å². The normalized spacial score (nSPS) is 20.8. The Hall–Kier alpha value is -0.930. The Bertz CT molecular complexity index is 376. The highest BCUT2D eigenvalue weighted by atomic mass is 35.5. The molecule has 0 unspecified atom stereocenters. The molecule has 1 aliphatic heterocycles. The van der Waals surface area contributed by atoms with Crippen molar-refractivity contribution in [3.05, 3.63) is 22.7 Å². The minimum atomic E-state index is 0.139. The summed E-state index contributed by atoms with van der Waals surface area (Å²) in [7, 11) is 1.61. The number of ether oxygens (including phenoxy) is 1. The molecule has 1 aromatic carbocycles. The monoisotopic (exact) mass is 241 g/mol. The lowest BCUT2D eigenvalue weighted by molar-refractivity contribution is 0.357. The maximum absolute atomic E-state index is 10.0. The van der Waals surface area contributed by atoms with Crippen molar-refractivity contribution in [2.24, 2.45) is 0 Å². The van der Waals surface area contributed by atoms with Gasteiger partial charge in [0.1, 0.15) is 11.5 Å². The lowest BCUT2D eigenvalue weighted by Crippen LogP contribution is -2.27. The fourth-order valence-corrected chi connectivity index (χ4v) is 2.34. The molecule has 1 aliphatic rings. The van der Waals surface area contributed by atoms with Crippen LogP contribution < -0.4 is 10.1 Å². The van der Waals surface area contributed by atoms with Gasteiger partial charge in [-0.05, 0) is 31.5 Å². The molecule has 0 aliphatic carbocycles. The summed E-state index contributed by atoms with van der Waals surface area (Å²) in [6, 6.07) is 3.60. The maximum Gasteiger partial charge on any atom is 0.142 e. The maximum atomic E-state index is 10.0. The lowest BCUT2D eigenvalue weighted by Gasteiger charge is -2.26. The summed E-state index contributed by atoms with van der Waals surface area (Å²) in [5.74, 6) is 0.835. The molecule has 88 valence electrons. The first-order chi connectivity index (χ1) is 7.74. The summed E-state index contributed by atoms with van der Waals surface area (Å²) < 4.78 is 5.28.